The Balaban J connectivity index is 2.47. The number of carbonyl (C=O) groups excluding carboxylic acids is 1. The summed E-state index contributed by atoms with van der Waals surface area (Å²) in [4.78, 5) is 11.4. The standard InChI is InChI=1S/C14H17NO2/c1-3-4-5-9-14(16)15-11-12-7-6-8-13(10-12)17-2/h3-10H,11H2,1-2H3,(H,15,16)/b4-3+,9-5+. The Morgan fingerprint density at radius 2 is 2.24 bits per heavy atom. The van der Waals surface area contributed by atoms with E-state index in [1.54, 1.807) is 13.2 Å². The summed E-state index contributed by atoms with van der Waals surface area (Å²) in [7, 11) is 1.62. The van der Waals surface area contributed by atoms with E-state index in [4.69, 9.17) is 4.74 Å². The number of benzene rings is 1. The lowest BCUT2D eigenvalue weighted by Crippen LogP contribution is -2.20. The van der Waals surface area contributed by atoms with E-state index >= 15 is 0 Å². The predicted octanol–water partition coefficient (Wildman–Crippen LogP) is 2.44. The van der Waals surface area contributed by atoms with E-state index in [1.807, 2.05) is 43.3 Å². The van der Waals surface area contributed by atoms with Gasteiger partial charge in [0.15, 0.2) is 0 Å². The number of ether oxygens (including phenoxy) is 1. The van der Waals surface area contributed by atoms with E-state index < -0.39 is 0 Å². The van der Waals surface area contributed by atoms with Crippen molar-refractivity contribution in [2.45, 2.75) is 13.5 Å². The Labute approximate surface area is 102 Å². The molecule has 0 unspecified atom stereocenters. The van der Waals surface area contributed by atoms with Crippen LogP contribution >= 0.6 is 0 Å². The van der Waals surface area contributed by atoms with Gasteiger partial charge in [0.1, 0.15) is 5.75 Å². The van der Waals surface area contributed by atoms with E-state index in [1.165, 1.54) is 6.08 Å². The number of amides is 1. The van der Waals surface area contributed by atoms with Crippen molar-refractivity contribution in [1.82, 2.24) is 5.32 Å². The minimum Gasteiger partial charge on any atom is -0.497 e. The molecule has 0 atom stereocenters. The highest BCUT2D eigenvalue weighted by Gasteiger charge is 1.97. The zero-order chi connectivity index (χ0) is 12.5. The quantitative estimate of drug-likeness (QED) is 0.624. The Hall–Kier alpha value is -2.03. The molecule has 1 rings (SSSR count). The van der Waals surface area contributed by atoms with Gasteiger partial charge in [0, 0.05) is 12.6 Å². The molecule has 0 saturated heterocycles. The maximum atomic E-state index is 11.4. The van der Waals surface area contributed by atoms with Crippen LogP contribution in [0.5, 0.6) is 5.75 Å². The summed E-state index contributed by atoms with van der Waals surface area (Å²) in [5, 5.41) is 2.79. The molecule has 0 aromatic heterocycles. The lowest BCUT2D eigenvalue weighted by atomic mass is 10.2. The van der Waals surface area contributed by atoms with Crippen LogP contribution in [0.4, 0.5) is 0 Å². The average molecular weight is 231 g/mol. The van der Waals surface area contributed by atoms with Gasteiger partial charge in [-0.3, -0.25) is 4.79 Å². The van der Waals surface area contributed by atoms with Gasteiger partial charge in [-0.05, 0) is 24.6 Å². The second-order valence-electron chi connectivity index (χ2n) is 3.45. The van der Waals surface area contributed by atoms with Crippen LogP contribution in [0.15, 0.2) is 48.6 Å². The SMILES string of the molecule is C/C=C/C=C/C(=O)NCc1cccc(OC)c1. The van der Waals surface area contributed by atoms with Crippen LogP contribution in [0.2, 0.25) is 0 Å². The lowest BCUT2D eigenvalue weighted by molar-refractivity contribution is -0.116. The summed E-state index contributed by atoms with van der Waals surface area (Å²) < 4.78 is 5.11. The summed E-state index contributed by atoms with van der Waals surface area (Å²) in [6, 6.07) is 7.61. The van der Waals surface area contributed by atoms with Gasteiger partial charge in [-0.15, -0.1) is 0 Å². The molecule has 3 heteroatoms. The minimum atomic E-state index is -0.106. The van der Waals surface area contributed by atoms with Crippen molar-refractivity contribution in [1.29, 1.82) is 0 Å². The number of nitrogens with one attached hydrogen (secondary N) is 1. The number of allylic oxidation sites excluding steroid dienone is 3. The number of hydrogen-bond donors (Lipinski definition) is 1. The zero-order valence-electron chi connectivity index (χ0n) is 10.1. The van der Waals surface area contributed by atoms with Gasteiger partial charge in [-0.1, -0.05) is 30.4 Å². The summed E-state index contributed by atoms with van der Waals surface area (Å²) in [6.45, 7) is 2.40. The molecule has 90 valence electrons. The van der Waals surface area contributed by atoms with Crippen molar-refractivity contribution in [3.63, 3.8) is 0 Å². The highest BCUT2D eigenvalue weighted by Crippen LogP contribution is 2.11. The van der Waals surface area contributed by atoms with Gasteiger partial charge < -0.3 is 10.1 Å². The van der Waals surface area contributed by atoms with E-state index in [0.29, 0.717) is 6.54 Å². The van der Waals surface area contributed by atoms with Gasteiger partial charge in [0.25, 0.3) is 0 Å². The Bertz CT molecular complexity index is 422. The molecule has 0 aliphatic heterocycles. The molecule has 0 aliphatic rings. The smallest absolute Gasteiger partial charge is 0.244 e. The average Bonchev–Trinajstić information content (AvgIpc) is 2.37. The fourth-order valence-corrected chi connectivity index (χ4v) is 1.28. The molecule has 0 spiro atoms. The molecular weight excluding hydrogens is 214 g/mol. The topological polar surface area (TPSA) is 38.3 Å². The highest BCUT2D eigenvalue weighted by molar-refractivity contribution is 5.87. The number of rotatable bonds is 5. The first-order valence-corrected chi connectivity index (χ1v) is 5.46. The van der Waals surface area contributed by atoms with Crippen molar-refractivity contribution in [2.24, 2.45) is 0 Å². The van der Waals surface area contributed by atoms with Crippen molar-refractivity contribution in [2.75, 3.05) is 7.11 Å². The second kappa shape index (κ2) is 7.28. The molecule has 0 saturated carbocycles. The Kier molecular flexibility index (Phi) is 5.58. The number of hydrogen-bond acceptors (Lipinski definition) is 2. The molecule has 0 heterocycles. The van der Waals surface area contributed by atoms with Gasteiger partial charge in [-0.25, -0.2) is 0 Å². The fourth-order valence-electron chi connectivity index (χ4n) is 1.28. The largest absolute Gasteiger partial charge is 0.497 e. The Morgan fingerprint density at radius 1 is 1.41 bits per heavy atom. The normalized spacial score (nSPS) is 10.9. The third kappa shape index (κ3) is 5.02. The zero-order valence-corrected chi connectivity index (χ0v) is 10.1. The van der Waals surface area contributed by atoms with Crippen LogP contribution in [-0.4, -0.2) is 13.0 Å². The molecule has 0 radical (unpaired) electrons. The van der Waals surface area contributed by atoms with Crippen molar-refractivity contribution < 1.29 is 9.53 Å². The highest BCUT2D eigenvalue weighted by atomic mass is 16.5. The molecule has 0 aliphatic carbocycles. The van der Waals surface area contributed by atoms with Gasteiger partial charge in [0.2, 0.25) is 5.91 Å². The van der Waals surface area contributed by atoms with Crippen molar-refractivity contribution in [3.8, 4) is 5.75 Å². The first-order chi connectivity index (χ1) is 8.26. The first kappa shape index (κ1) is 13.0. The monoisotopic (exact) mass is 231 g/mol. The molecule has 1 N–H and O–H groups in total. The van der Waals surface area contributed by atoms with Crippen LogP contribution in [-0.2, 0) is 11.3 Å². The van der Waals surface area contributed by atoms with Crippen LogP contribution in [0.3, 0.4) is 0 Å². The molecule has 17 heavy (non-hydrogen) atoms. The van der Waals surface area contributed by atoms with Crippen molar-refractivity contribution in [3.05, 3.63) is 54.1 Å². The van der Waals surface area contributed by atoms with Crippen LogP contribution in [0.25, 0.3) is 0 Å². The van der Waals surface area contributed by atoms with E-state index in [-0.39, 0.29) is 5.91 Å². The van der Waals surface area contributed by atoms with Gasteiger partial charge in [0.05, 0.1) is 7.11 Å². The molecule has 0 fully saturated rings. The molecule has 1 aromatic carbocycles. The van der Waals surface area contributed by atoms with Crippen LogP contribution in [0.1, 0.15) is 12.5 Å². The van der Waals surface area contributed by atoms with Crippen molar-refractivity contribution >= 4 is 5.91 Å². The number of carbonyl (C=O) groups is 1. The summed E-state index contributed by atoms with van der Waals surface area (Å²) in [5.74, 6) is 0.687. The molecule has 1 aromatic rings. The van der Waals surface area contributed by atoms with Gasteiger partial charge in [-0.2, -0.15) is 0 Å². The molecule has 1 amide bonds. The van der Waals surface area contributed by atoms with Crippen LogP contribution < -0.4 is 10.1 Å². The fraction of sp³-hybridized carbons (Fsp3) is 0.214. The van der Waals surface area contributed by atoms with E-state index in [9.17, 15) is 4.79 Å². The second-order valence-corrected chi connectivity index (χ2v) is 3.45. The maximum Gasteiger partial charge on any atom is 0.244 e. The molecule has 3 nitrogen and oxygen atoms in total. The molecular formula is C14H17NO2. The summed E-state index contributed by atoms with van der Waals surface area (Å²) in [6.07, 6.45) is 6.89. The summed E-state index contributed by atoms with van der Waals surface area (Å²) in [5.41, 5.74) is 1.01. The third-order valence-electron chi connectivity index (χ3n) is 2.15. The number of methoxy groups -OCH3 is 1. The molecule has 0 bridgehead atoms. The maximum absolute atomic E-state index is 11.4. The minimum absolute atomic E-state index is 0.106. The third-order valence-corrected chi connectivity index (χ3v) is 2.15. The van der Waals surface area contributed by atoms with E-state index in [2.05, 4.69) is 5.32 Å². The lowest BCUT2D eigenvalue weighted by Gasteiger charge is -2.04. The predicted molar refractivity (Wildman–Crippen MR) is 68.8 cm³/mol. The first-order valence-electron chi connectivity index (χ1n) is 5.46. The summed E-state index contributed by atoms with van der Waals surface area (Å²) >= 11 is 0. The van der Waals surface area contributed by atoms with E-state index in [0.717, 1.165) is 11.3 Å². The van der Waals surface area contributed by atoms with Crippen LogP contribution in [0, 0.1) is 0 Å². The van der Waals surface area contributed by atoms with Gasteiger partial charge >= 0.3 is 0 Å². The Morgan fingerprint density at radius 3 is 2.94 bits per heavy atom.